The van der Waals surface area contributed by atoms with Crippen LogP contribution in [0.25, 0.3) is 10.9 Å². The summed E-state index contributed by atoms with van der Waals surface area (Å²) < 4.78 is 15.3. The third-order valence-electron chi connectivity index (χ3n) is 3.06. The Kier molecular flexibility index (Phi) is 3.65. The van der Waals surface area contributed by atoms with Gasteiger partial charge in [0, 0.05) is 19.0 Å². The molecule has 1 aromatic heterocycles. The second kappa shape index (κ2) is 5.21. The first-order chi connectivity index (χ1) is 8.65. The minimum Gasteiger partial charge on any atom is -0.351 e. The number of nitrogens with zero attached hydrogens (tertiary/aromatic N) is 1. The van der Waals surface area contributed by atoms with E-state index in [1.165, 1.54) is 6.07 Å². The zero-order chi connectivity index (χ0) is 13.1. The van der Waals surface area contributed by atoms with Crippen LogP contribution in [0.15, 0.2) is 24.3 Å². The van der Waals surface area contributed by atoms with Crippen molar-refractivity contribution in [3.05, 3.63) is 35.8 Å². The molecule has 0 atom stereocenters. The molecule has 0 unspecified atom stereocenters. The Labute approximate surface area is 106 Å². The van der Waals surface area contributed by atoms with Crippen LogP contribution in [-0.2, 0) is 7.05 Å². The van der Waals surface area contributed by atoms with Gasteiger partial charge in [-0.2, -0.15) is 0 Å². The molecule has 0 aliphatic carbocycles. The number of unbranched alkanes of at least 4 members (excludes halogenated alkanes) is 1. The van der Waals surface area contributed by atoms with Crippen molar-refractivity contribution in [2.45, 2.75) is 19.8 Å². The summed E-state index contributed by atoms with van der Waals surface area (Å²) in [5.74, 6) is -0.454. The number of hydrogen-bond donors (Lipinski definition) is 1. The van der Waals surface area contributed by atoms with E-state index in [0.717, 1.165) is 18.2 Å². The number of nitrogens with one attached hydrogen (secondary N) is 1. The van der Waals surface area contributed by atoms with Crippen LogP contribution in [0.1, 0.15) is 30.3 Å². The number of halogens is 1. The number of hydrogen-bond acceptors (Lipinski definition) is 1. The molecule has 4 heteroatoms. The average Bonchev–Trinajstić information content (AvgIpc) is 2.68. The van der Waals surface area contributed by atoms with Crippen LogP contribution in [-0.4, -0.2) is 17.0 Å². The highest BCUT2D eigenvalue weighted by Crippen LogP contribution is 2.21. The fourth-order valence-electron chi connectivity index (χ4n) is 2.05. The topological polar surface area (TPSA) is 34.0 Å². The van der Waals surface area contributed by atoms with Crippen LogP contribution in [0.2, 0.25) is 0 Å². The lowest BCUT2D eigenvalue weighted by Gasteiger charge is -2.05. The van der Waals surface area contributed by atoms with Gasteiger partial charge >= 0.3 is 0 Å². The van der Waals surface area contributed by atoms with Crippen molar-refractivity contribution >= 4 is 16.8 Å². The molecule has 0 aliphatic heterocycles. The lowest BCUT2D eigenvalue weighted by Crippen LogP contribution is -2.26. The maximum Gasteiger partial charge on any atom is 0.267 e. The summed E-state index contributed by atoms with van der Waals surface area (Å²) in [6.07, 6.45) is 1.98. The first-order valence-electron chi connectivity index (χ1n) is 6.17. The van der Waals surface area contributed by atoms with Gasteiger partial charge in [-0.25, -0.2) is 4.39 Å². The predicted molar refractivity (Wildman–Crippen MR) is 70.1 cm³/mol. The van der Waals surface area contributed by atoms with Crippen LogP contribution in [0.3, 0.4) is 0 Å². The molecule has 0 fully saturated rings. The van der Waals surface area contributed by atoms with Gasteiger partial charge in [0.2, 0.25) is 0 Å². The Morgan fingerprint density at radius 1 is 1.44 bits per heavy atom. The summed E-state index contributed by atoms with van der Waals surface area (Å²) in [6.45, 7) is 2.72. The third kappa shape index (κ3) is 2.23. The van der Waals surface area contributed by atoms with Crippen molar-refractivity contribution in [3.63, 3.8) is 0 Å². The quantitative estimate of drug-likeness (QED) is 0.829. The van der Waals surface area contributed by atoms with Crippen LogP contribution >= 0.6 is 0 Å². The fraction of sp³-hybridized carbons (Fsp3) is 0.357. The minimum atomic E-state index is -0.303. The zero-order valence-electron chi connectivity index (χ0n) is 10.7. The van der Waals surface area contributed by atoms with Crippen molar-refractivity contribution in [1.82, 2.24) is 9.88 Å². The Bertz CT molecular complexity index is 574. The number of carbonyl (C=O) groups excluding carboxylic acids is 1. The van der Waals surface area contributed by atoms with Gasteiger partial charge in [0.05, 0.1) is 5.52 Å². The van der Waals surface area contributed by atoms with Gasteiger partial charge in [-0.15, -0.1) is 0 Å². The van der Waals surface area contributed by atoms with E-state index in [1.54, 1.807) is 29.8 Å². The van der Waals surface area contributed by atoms with Crippen LogP contribution in [0.5, 0.6) is 0 Å². The van der Waals surface area contributed by atoms with Gasteiger partial charge in [-0.1, -0.05) is 25.5 Å². The molecule has 1 amide bonds. The standard InChI is InChI=1S/C14H17FN2O/c1-3-4-8-16-14(18)12-9-10-6-5-7-11(15)13(10)17(12)2/h5-7,9H,3-4,8H2,1-2H3,(H,16,18). The minimum absolute atomic E-state index is 0.151. The normalized spacial score (nSPS) is 10.8. The molecule has 0 aliphatic rings. The Morgan fingerprint density at radius 2 is 2.22 bits per heavy atom. The molecule has 0 saturated heterocycles. The van der Waals surface area contributed by atoms with Gasteiger partial charge in [-0.3, -0.25) is 4.79 Å². The molecule has 18 heavy (non-hydrogen) atoms. The van der Waals surface area contributed by atoms with Crippen molar-refractivity contribution < 1.29 is 9.18 Å². The fourth-order valence-corrected chi connectivity index (χ4v) is 2.05. The van der Waals surface area contributed by atoms with Crippen molar-refractivity contribution in [3.8, 4) is 0 Å². The average molecular weight is 248 g/mol. The summed E-state index contributed by atoms with van der Waals surface area (Å²) in [6, 6.07) is 6.58. The number of amides is 1. The highest BCUT2D eigenvalue weighted by Gasteiger charge is 2.14. The lowest BCUT2D eigenvalue weighted by molar-refractivity contribution is 0.0945. The number of fused-ring (bicyclic) bond motifs is 1. The summed E-state index contributed by atoms with van der Waals surface area (Å²) in [4.78, 5) is 12.0. The molecule has 1 heterocycles. The molecule has 96 valence electrons. The SMILES string of the molecule is CCCCNC(=O)c1cc2cccc(F)c2n1C. The van der Waals surface area contributed by atoms with Crippen LogP contribution < -0.4 is 5.32 Å². The number of benzene rings is 1. The molecule has 1 N–H and O–H groups in total. The Balaban J connectivity index is 2.31. The van der Waals surface area contributed by atoms with Crippen molar-refractivity contribution in [2.24, 2.45) is 7.05 Å². The largest absolute Gasteiger partial charge is 0.351 e. The lowest BCUT2D eigenvalue weighted by atomic mass is 10.2. The van der Waals surface area contributed by atoms with E-state index in [0.29, 0.717) is 17.8 Å². The molecular weight excluding hydrogens is 231 g/mol. The third-order valence-corrected chi connectivity index (χ3v) is 3.06. The molecule has 0 spiro atoms. The van der Waals surface area contributed by atoms with Gasteiger partial charge in [0.15, 0.2) is 0 Å². The first kappa shape index (κ1) is 12.6. The molecule has 0 bridgehead atoms. The van der Waals surface area contributed by atoms with Gasteiger partial charge in [0.25, 0.3) is 5.91 Å². The molecule has 2 rings (SSSR count). The monoisotopic (exact) mass is 248 g/mol. The molecule has 3 nitrogen and oxygen atoms in total. The second-order valence-corrected chi connectivity index (χ2v) is 4.38. The molecule has 0 saturated carbocycles. The highest BCUT2D eigenvalue weighted by atomic mass is 19.1. The van der Waals surface area contributed by atoms with Crippen molar-refractivity contribution in [1.29, 1.82) is 0 Å². The van der Waals surface area contributed by atoms with E-state index in [9.17, 15) is 9.18 Å². The number of rotatable bonds is 4. The number of para-hydroxylation sites is 1. The van der Waals surface area contributed by atoms with Crippen LogP contribution in [0.4, 0.5) is 4.39 Å². The Hall–Kier alpha value is -1.84. The smallest absolute Gasteiger partial charge is 0.267 e. The molecule has 2 aromatic rings. The maximum atomic E-state index is 13.7. The number of aryl methyl sites for hydroxylation is 1. The summed E-state index contributed by atoms with van der Waals surface area (Å²) in [5.41, 5.74) is 0.962. The van der Waals surface area contributed by atoms with Gasteiger partial charge < -0.3 is 9.88 Å². The van der Waals surface area contributed by atoms with E-state index in [2.05, 4.69) is 12.2 Å². The molecule has 1 aromatic carbocycles. The zero-order valence-corrected chi connectivity index (χ0v) is 10.7. The van der Waals surface area contributed by atoms with Gasteiger partial charge in [0.1, 0.15) is 11.5 Å². The van der Waals surface area contributed by atoms with E-state index in [-0.39, 0.29) is 11.7 Å². The number of aromatic nitrogens is 1. The number of carbonyl (C=O) groups is 1. The summed E-state index contributed by atoms with van der Waals surface area (Å²) in [5, 5.41) is 3.59. The highest BCUT2D eigenvalue weighted by molar-refractivity contribution is 5.98. The van der Waals surface area contributed by atoms with E-state index in [4.69, 9.17) is 0 Å². The van der Waals surface area contributed by atoms with Crippen molar-refractivity contribution in [2.75, 3.05) is 6.54 Å². The van der Waals surface area contributed by atoms with E-state index < -0.39 is 0 Å². The second-order valence-electron chi connectivity index (χ2n) is 4.38. The molecular formula is C14H17FN2O. The summed E-state index contributed by atoms with van der Waals surface area (Å²) in [7, 11) is 1.71. The predicted octanol–water partition coefficient (Wildman–Crippen LogP) is 2.85. The van der Waals surface area contributed by atoms with Gasteiger partial charge in [-0.05, 0) is 18.6 Å². The molecule has 0 radical (unpaired) electrons. The maximum absolute atomic E-state index is 13.7. The van der Waals surface area contributed by atoms with Crippen LogP contribution in [0, 0.1) is 5.82 Å². The van der Waals surface area contributed by atoms with E-state index in [1.807, 2.05) is 0 Å². The first-order valence-corrected chi connectivity index (χ1v) is 6.17. The Morgan fingerprint density at radius 3 is 2.89 bits per heavy atom. The van der Waals surface area contributed by atoms with E-state index >= 15 is 0 Å². The summed E-state index contributed by atoms with van der Waals surface area (Å²) >= 11 is 0.